The summed E-state index contributed by atoms with van der Waals surface area (Å²) in [5.74, 6) is 0. The van der Waals surface area contributed by atoms with Gasteiger partial charge in [0, 0.05) is 10.6 Å². The molecule has 0 saturated carbocycles. The first-order valence-electron chi connectivity index (χ1n) is 5.88. The lowest BCUT2D eigenvalue weighted by Gasteiger charge is -2.06. The fourth-order valence-corrected chi connectivity index (χ4v) is 2.16. The third-order valence-corrected chi connectivity index (χ3v) is 3.27. The molecule has 0 bridgehead atoms. The van der Waals surface area contributed by atoms with Crippen molar-refractivity contribution in [3.8, 4) is 0 Å². The molecule has 0 spiro atoms. The molecule has 2 nitrogen and oxygen atoms in total. The Kier molecular flexibility index (Phi) is 4.46. The standard InChI is InChI=1S/C15H14Cl2N2/c1-10-3-6-13(7-4-10)19-18-11(2)14-8-5-12(16)9-15(14)17/h3-9,19H,1-2H3/b18-11+. The Morgan fingerprint density at radius 2 is 1.74 bits per heavy atom. The molecule has 0 fully saturated rings. The normalized spacial score (nSPS) is 11.5. The van der Waals surface area contributed by atoms with E-state index in [1.54, 1.807) is 12.1 Å². The van der Waals surface area contributed by atoms with Gasteiger partial charge in [0.15, 0.2) is 0 Å². The van der Waals surface area contributed by atoms with Crippen LogP contribution in [0.15, 0.2) is 47.6 Å². The Balaban J connectivity index is 2.16. The molecular formula is C15H14Cl2N2. The van der Waals surface area contributed by atoms with E-state index in [4.69, 9.17) is 23.2 Å². The third-order valence-electron chi connectivity index (χ3n) is 2.73. The number of aryl methyl sites for hydroxylation is 1. The van der Waals surface area contributed by atoms with E-state index in [9.17, 15) is 0 Å². The van der Waals surface area contributed by atoms with Crippen molar-refractivity contribution in [2.75, 3.05) is 5.43 Å². The van der Waals surface area contributed by atoms with Crippen molar-refractivity contribution in [1.82, 2.24) is 0 Å². The number of rotatable bonds is 3. The second-order valence-corrected chi connectivity index (χ2v) is 5.14. The summed E-state index contributed by atoms with van der Waals surface area (Å²) in [6.45, 7) is 3.95. The second kappa shape index (κ2) is 6.09. The van der Waals surface area contributed by atoms with Crippen molar-refractivity contribution in [2.45, 2.75) is 13.8 Å². The SMILES string of the molecule is C/C(=N\Nc1ccc(C)cc1)c1ccc(Cl)cc1Cl. The topological polar surface area (TPSA) is 24.4 Å². The van der Waals surface area contributed by atoms with Gasteiger partial charge in [-0.1, -0.05) is 47.0 Å². The van der Waals surface area contributed by atoms with Crippen molar-refractivity contribution in [3.05, 3.63) is 63.6 Å². The van der Waals surface area contributed by atoms with Gasteiger partial charge in [0.1, 0.15) is 0 Å². The van der Waals surface area contributed by atoms with E-state index in [-0.39, 0.29) is 0 Å². The highest BCUT2D eigenvalue weighted by atomic mass is 35.5. The van der Waals surface area contributed by atoms with Gasteiger partial charge in [0.05, 0.1) is 16.4 Å². The van der Waals surface area contributed by atoms with Crippen LogP contribution in [0, 0.1) is 6.92 Å². The summed E-state index contributed by atoms with van der Waals surface area (Å²) < 4.78 is 0. The molecule has 0 saturated heterocycles. The van der Waals surface area contributed by atoms with Crippen LogP contribution >= 0.6 is 23.2 Å². The Hall–Kier alpha value is -1.51. The third kappa shape index (κ3) is 3.72. The second-order valence-electron chi connectivity index (χ2n) is 4.30. The molecule has 2 aromatic rings. The van der Waals surface area contributed by atoms with E-state index < -0.39 is 0 Å². The summed E-state index contributed by atoms with van der Waals surface area (Å²) in [5, 5.41) is 5.54. The monoisotopic (exact) mass is 292 g/mol. The van der Waals surface area contributed by atoms with Crippen molar-refractivity contribution in [2.24, 2.45) is 5.10 Å². The minimum atomic E-state index is 0.597. The lowest BCUT2D eigenvalue weighted by molar-refractivity contribution is 1.31. The number of hydrogen-bond acceptors (Lipinski definition) is 2. The molecule has 2 aromatic carbocycles. The predicted octanol–water partition coefficient (Wildman–Crippen LogP) is 5.14. The summed E-state index contributed by atoms with van der Waals surface area (Å²) >= 11 is 12.0. The van der Waals surface area contributed by atoms with Gasteiger partial charge in [0.2, 0.25) is 0 Å². The molecule has 0 unspecified atom stereocenters. The Morgan fingerprint density at radius 1 is 1.05 bits per heavy atom. The number of nitrogens with one attached hydrogen (secondary N) is 1. The van der Waals surface area contributed by atoms with E-state index in [2.05, 4.69) is 10.5 Å². The number of anilines is 1. The summed E-state index contributed by atoms with van der Waals surface area (Å²) in [7, 11) is 0. The lowest BCUT2D eigenvalue weighted by Crippen LogP contribution is -2.00. The fraction of sp³-hybridized carbons (Fsp3) is 0.133. The minimum Gasteiger partial charge on any atom is -0.278 e. The van der Waals surface area contributed by atoms with Gasteiger partial charge in [-0.25, -0.2) is 0 Å². The summed E-state index contributed by atoms with van der Waals surface area (Å²) in [6, 6.07) is 13.4. The maximum atomic E-state index is 6.13. The number of halogens is 2. The fourth-order valence-electron chi connectivity index (χ4n) is 1.62. The van der Waals surface area contributed by atoms with Crippen molar-refractivity contribution < 1.29 is 0 Å². The highest BCUT2D eigenvalue weighted by Gasteiger charge is 2.04. The van der Waals surface area contributed by atoms with Gasteiger partial charge < -0.3 is 0 Å². The molecule has 0 aliphatic heterocycles. The zero-order valence-electron chi connectivity index (χ0n) is 10.7. The number of hydrazone groups is 1. The molecule has 4 heteroatoms. The first-order chi connectivity index (χ1) is 9.06. The Labute approximate surface area is 123 Å². The molecule has 19 heavy (non-hydrogen) atoms. The predicted molar refractivity (Wildman–Crippen MR) is 83.5 cm³/mol. The summed E-state index contributed by atoms with van der Waals surface area (Å²) in [5.41, 5.74) is 6.84. The van der Waals surface area contributed by atoms with E-state index in [0.29, 0.717) is 10.0 Å². The molecule has 0 aliphatic carbocycles. The van der Waals surface area contributed by atoms with Crippen LogP contribution in [0.4, 0.5) is 5.69 Å². The molecule has 0 amide bonds. The van der Waals surface area contributed by atoms with Gasteiger partial charge in [-0.2, -0.15) is 5.10 Å². The van der Waals surface area contributed by atoms with Crippen LogP contribution in [0.1, 0.15) is 18.1 Å². The van der Waals surface area contributed by atoms with Gasteiger partial charge in [-0.3, -0.25) is 5.43 Å². The molecule has 2 rings (SSSR count). The largest absolute Gasteiger partial charge is 0.278 e. The van der Waals surface area contributed by atoms with Crippen molar-refractivity contribution in [3.63, 3.8) is 0 Å². The number of benzene rings is 2. The highest BCUT2D eigenvalue weighted by Crippen LogP contribution is 2.21. The van der Waals surface area contributed by atoms with Crippen LogP contribution in [-0.2, 0) is 0 Å². The van der Waals surface area contributed by atoms with Gasteiger partial charge >= 0.3 is 0 Å². The molecule has 98 valence electrons. The Morgan fingerprint density at radius 3 is 2.37 bits per heavy atom. The van der Waals surface area contributed by atoms with Crippen LogP contribution < -0.4 is 5.43 Å². The van der Waals surface area contributed by atoms with Crippen LogP contribution in [0.3, 0.4) is 0 Å². The number of hydrogen-bond donors (Lipinski definition) is 1. The molecular weight excluding hydrogens is 279 g/mol. The van der Waals surface area contributed by atoms with E-state index >= 15 is 0 Å². The minimum absolute atomic E-state index is 0.597. The quantitative estimate of drug-likeness (QED) is 0.615. The smallest absolute Gasteiger partial charge is 0.0663 e. The zero-order valence-corrected chi connectivity index (χ0v) is 12.3. The molecule has 0 radical (unpaired) electrons. The Bertz CT molecular complexity index is 604. The molecule has 0 heterocycles. The molecule has 0 atom stereocenters. The van der Waals surface area contributed by atoms with Crippen LogP contribution in [0.5, 0.6) is 0 Å². The van der Waals surface area contributed by atoms with Crippen molar-refractivity contribution >= 4 is 34.6 Å². The first kappa shape index (κ1) is 13.9. The zero-order chi connectivity index (χ0) is 13.8. The van der Waals surface area contributed by atoms with E-state index in [0.717, 1.165) is 17.0 Å². The van der Waals surface area contributed by atoms with Crippen LogP contribution in [0.2, 0.25) is 10.0 Å². The maximum Gasteiger partial charge on any atom is 0.0663 e. The summed E-state index contributed by atoms with van der Waals surface area (Å²) in [6.07, 6.45) is 0. The van der Waals surface area contributed by atoms with Crippen molar-refractivity contribution in [1.29, 1.82) is 0 Å². The summed E-state index contributed by atoms with van der Waals surface area (Å²) in [4.78, 5) is 0. The molecule has 0 aromatic heterocycles. The average Bonchev–Trinajstić information content (AvgIpc) is 2.37. The maximum absolute atomic E-state index is 6.13. The molecule has 1 N–H and O–H groups in total. The van der Waals surface area contributed by atoms with Crippen LogP contribution in [-0.4, -0.2) is 5.71 Å². The average molecular weight is 293 g/mol. The van der Waals surface area contributed by atoms with Gasteiger partial charge in [-0.05, 0) is 38.1 Å². The van der Waals surface area contributed by atoms with Gasteiger partial charge in [-0.15, -0.1) is 0 Å². The van der Waals surface area contributed by atoms with E-state index in [1.807, 2.05) is 44.2 Å². The van der Waals surface area contributed by atoms with Gasteiger partial charge in [0.25, 0.3) is 0 Å². The highest BCUT2D eigenvalue weighted by molar-refractivity contribution is 6.37. The number of nitrogens with zero attached hydrogens (tertiary/aromatic N) is 1. The van der Waals surface area contributed by atoms with Crippen LogP contribution in [0.25, 0.3) is 0 Å². The first-order valence-corrected chi connectivity index (χ1v) is 6.64. The van der Waals surface area contributed by atoms with E-state index in [1.165, 1.54) is 5.56 Å². The molecule has 0 aliphatic rings. The lowest BCUT2D eigenvalue weighted by atomic mass is 10.1.